The first-order valence-corrected chi connectivity index (χ1v) is 15.3. The summed E-state index contributed by atoms with van der Waals surface area (Å²) in [5, 5.41) is 3.18. The van der Waals surface area contributed by atoms with Gasteiger partial charge in [0, 0.05) is 34.9 Å². The first-order valence-electron chi connectivity index (χ1n) is 14.4. The Morgan fingerprint density at radius 3 is 1.45 bits per heavy atom. The van der Waals surface area contributed by atoms with Crippen LogP contribution in [0.2, 0.25) is 0 Å². The number of aromatic nitrogens is 2. The van der Waals surface area contributed by atoms with Crippen molar-refractivity contribution < 1.29 is 9.47 Å². The Bertz CT molecular complexity index is 2040. The first-order chi connectivity index (χ1) is 20.6. The number of nitrogens with zero attached hydrogens (tertiary/aromatic N) is 4. The Morgan fingerprint density at radius 2 is 1.02 bits per heavy atom. The molecule has 0 N–H and O–H groups in total. The van der Waals surface area contributed by atoms with Gasteiger partial charge in [0.15, 0.2) is 23.7 Å². The van der Waals surface area contributed by atoms with Gasteiger partial charge in [0.25, 0.3) is 0 Å². The molecule has 1 aliphatic carbocycles. The molecule has 0 amide bonds. The maximum atomic E-state index is 7.22. The van der Waals surface area contributed by atoms with Crippen LogP contribution in [0.25, 0.3) is 43.6 Å². The van der Waals surface area contributed by atoms with Crippen LogP contribution in [-0.4, -0.2) is 43.5 Å². The number of para-hydroxylation sites is 2. The summed E-state index contributed by atoms with van der Waals surface area (Å²) < 4.78 is 18.2. The van der Waals surface area contributed by atoms with Crippen molar-refractivity contribution in [3.63, 3.8) is 0 Å². The molecule has 3 aliphatic rings. The molecule has 6 aromatic rings. The van der Waals surface area contributed by atoms with E-state index >= 15 is 0 Å². The molecule has 9 rings (SSSR count). The maximum absolute atomic E-state index is 7.22. The van der Waals surface area contributed by atoms with Crippen molar-refractivity contribution in [2.75, 3.05) is 0 Å². The number of fused-ring (bicyclic) bond motifs is 12. The van der Waals surface area contributed by atoms with Gasteiger partial charge in [0.1, 0.15) is 22.1 Å². The third-order valence-electron chi connectivity index (χ3n) is 9.04. The first kappa shape index (κ1) is 24.6. The van der Waals surface area contributed by atoms with E-state index in [9.17, 15) is 0 Å². The van der Waals surface area contributed by atoms with Gasteiger partial charge in [-0.2, -0.15) is 0 Å². The van der Waals surface area contributed by atoms with E-state index in [1.54, 1.807) is 0 Å². The molecule has 2 aliphatic heterocycles. The van der Waals surface area contributed by atoms with Crippen LogP contribution >= 0.6 is 23.2 Å². The van der Waals surface area contributed by atoms with Gasteiger partial charge in [-0.3, -0.25) is 0 Å². The maximum Gasteiger partial charge on any atom is 0.160 e. The summed E-state index contributed by atoms with van der Waals surface area (Å²) in [7, 11) is 0. The normalized spacial score (nSPS) is 22.7. The van der Waals surface area contributed by atoms with E-state index < -0.39 is 23.0 Å². The SMILES string of the molecule is CCn1c2ccccc2c2c3c(ccc21)N=C1C(Cl)C2Oc4c(ccc5c4c4ccccc4n5CC)N=C2C(Cl)C1O3. The van der Waals surface area contributed by atoms with Crippen LogP contribution in [0, 0.1) is 0 Å². The number of hydrogen-bond donors (Lipinski definition) is 0. The van der Waals surface area contributed by atoms with Gasteiger partial charge >= 0.3 is 0 Å². The number of rotatable bonds is 2. The van der Waals surface area contributed by atoms with Gasteiger partial charge in [0.2, 0.25) is 0 Å². The lowest BCUT2D eigenvalue weighted by molar-refractivity contribution is 0.227. The number of hydrogen-bond acceptors (Lipinski definition) is 4. The molecular formula is C34H26Cl2N4O2. The van der Waals surface area contributed by atoms with E-state index in [4.69, 9.17) is 42.7 Å². The summed E-state index contributed by atoms with van der Waals surface area (Å²) in [6.45, 7) is 6.01. The largest absolute Gasteiger partial charge is 0.479 e. The summed E-state index contributed by atoms with van der Waals surface area (Å²) in [5.41, 5.74) is 7.43. The molecule has 0 saturated heterocycles. The van der Waals surface area contributed by atoms with Crippen LogP contribution in [0.15, 0.2) is 82.8 Å². The molecule has 0 radical (unpaired) electrons. The Balaban J connectivity index is 1.21. The van der Waals surface area contributed by atoms with Crippen molar-refractivity contribution in [3.05, 3.63) is 72.8 Å². The van der Waals surface area contributed by atoms with Crippen LogP contribution in [0.4, 0.5) is 11.4 Å². The van der Waals surface area contributed by atoms with Gasteiger partial charge in [-0.25, -0.2) is 9.98 Å². The highest BCUT2D eigenvalue weighted by Gasteiger charge is 2.51. The van der Waals surface area contributed by atoms with Crippen molar-refractivity contribution in [3.8, 4) is 11.5 Å². The molecule has 4 aromatic carbocycles. The second-order valence-corrected chi connectivity index (χ2v) is 12.0. The van der Waals surface area contributed by atoms with E-state index in [0.29, 0.717) is 11.4 Å². The number of alkyl halides is 2. The third kappa shape index (κ3) is 3.06. The summed E-state index contributed by atoms with van der Waals surface area (Å²) in [4.78, 5) is 10.2. The number of aryl methyl sites for hydroxylation is 2. The Kier molecular flexibility index (Phi) is 5.13. The quantitative estimate of drug-likeness (QED) is 0.189. The van der Waals surface area contributed by atoms with Gasteiger partial charge in [-0.05, 0) is 50.2 Å². The molecule has 0 spiro atoms. The number of ether oxygens (including phenoxy) is 2. The lowest BCUT2D eigenvalue weighted by Gasteiger charge is -2.42. The fourth-order valence-electron chi connectivity index (χ4n) is 7.24. The molecular weight excluding hydrogens is 567 g/mol. The van der Waals surface area contributed by atoms with Crippen molar-refractivity contribution in [2.24, 2.45) is 9.98 Å². The zero-order valence-electron chi connectivity index (χ0n) is 23.0. The molecule has 4 unspecified atom stereocenters. The predicted molar refractivity (Wildman–Crippen MR) is 173 cm³/mol. The fraction of sp³-hybridized carbons (Fsp3) is 0.235. The molecule has 4 heterocycles. The predicted octanol–water partition coefficient (Wildman–Crippen LogP) is 8.54. The number of halogens is 2. The van der Waals surface area contributed by atoms with Crippen LogP contribution < -0.4 is 9.47 Å². The molecule has 4 atom stereocenters. The third-order valence-corrected chi connectivity index (χ3v) is 9.95. The summed E-state index contributed by atoms with van der Waals surface area (Å²) >= 11 is 14.4. The lowest BCUT2D eigenvalue weighted by atomic mass is 9.87. The average molecular weight is 594 g/mol. The zero-order valence-corrected chi connectivity index (χ0v) is 24.5. The average Bonchev–Trinajstić information content (AvgIpc) is 3.54. The highest BCUT2D eigenvalue weighted by atomic mass is 35.5. The Morgan fingerprint density at radius 1 is 0.595 bits per heavy atom. The minimum absolute atomic E-state index is 0.554. The van der Waals surface area contributed by atoms with Crippen LogP contribution in [0.5, 0.6) is 11.5 Å². The lowest BCUT2D eigenvalue weighted by Crippen LogP contribution is -2.60. The van der Waals surface area contributed by atoms with E-state index in [1.165, 1.54) is 11.0 Å². The standard InChI is InChI=1S/C34H26Cl2N4O2/c1-3-39-21-11-7-5-9-17(21)25-23(39)15-13-19-31(25)41-33-27(35)30-34(28(36)29(33)37-19)42-32-20(38-30)14-16-24-26(32)18-10-6-8-12-22(18)40(24)4-2/h5-16,27-28,33-34H,3-4H2,1-2H3. The van der Waals surface area contributed by atoms with Crippen molar-refractivity contribution in [1.82, 2.24) is 9.13 Å². The topological polar surface area (TPSA) is 53.0 Å². The van der Waals surface area contributed by atoms with E-state index in [-0.39, 0.29) is 0 Å². The summed E-state index contributed by atoms with van der Waals surface area (Å²) in [6, 6.07) is 25.1. The molecule has 0 bridgehead atoms. The van der Waals surface area contributed by atoms with Crippen LogP contribution in [-0.2, 0) is 13.1 Å². The summed E-state index contributed by atoms with van der Waals surface area (Å²) in [6.07, 6.45) is -1.11. The van der Waals surface area contributed by atoms with Gasteiger partial charge in [-0.15, -0.1) is 23.2 Å². The molecule has 1 saturated carbocycles. The molecule has 1 fully saturated rings. The molecule has 6 nitrogen and oxygen atoms in total. The molecule has 42 heavy (non-hydrogen) atoms. The zero-order chi connectivity index (χ0) is 28.3. The monoisotopic (exact) mass is 592 g/mol. The Hall–Kier alpha value is -4.00. The second-order valence-electron chi connectivity index (χ2n) is 11.1. The van der Waals surface area contributed by atoms with Crippen LogP contribution in [0.1, 0.15) is 13.8 Å². The minimum atomic E-state index is -0.590. The number of aliphatic imine (C=N–C) groups is 2. The fourth-order valence-corrected chi connectivity index (χ4v) is 7.94. The highest BCUT2D eigenvalue weighted by Crippen LogP contribution is 2.50. The Labute approximate surface area is 251 Å². The van der Waals surface area contributed by atoms with Crippen molar-refractivity contribution in [1.29, 1.82) is 0 Å². The smallest absolute Gasteiger partial charge is 0.160 e. The highest BCUT2D eigenvalue weighted by molar-refractivity contribution is 6.44. The van der Waals surface area contributed by atoms with Gasteiger partial charge < -0.3 is 18.6 Å². The van der Waals surface area contributed by atoms with Crippen molar-refractivity contribution in [2.45, 2.75) is 49.9 Å². The van der Waals surface area contributed by atoms with Crippen LogP contribution in [0.3, 0.4) is 0 Å². The summed E-state index contributed by atoms with van der Waals surface area (Å²) in [5.74, 6) is 1.48. The molecule has 8 heteroatoms. The number of benzene rings is 4. The van der Waals surface area contributed by atoms with E-state index in [1.807, 2.05) is 12.1 Å². The second kappa shape index (κ2) is 8.76. The molecule has 208 valence electrons. The minimum Gasteiger partial charge on any atom is -0.479 e. The van der Waals surface area contributed by atoms with Gasteiger partial charge in [-0.1, -0.05) is 36.4 Å². The van der Waals surface area contributed by atoms with Crippen molar-refractivity contribution >= 4 is 89.6 Å². The van der Waals surface area contributed by atoms with Gasteiger partial charge in [0.05, 0.1) is 33.2 Å². The van der Waals surface area contributed by atoms with E-state index in [0.717, 1.165) is 68.5 Å². The molecule has 2 aromatic heterocycles. The van der Waals surface area contributed by atoms with E-state index in [2.05, 4.69) is 83.6 Å².